The van der Waals surface area contributed by atoms with Crippen molar-refractivity contribution in [1.82, 2.24) is 10.6 Å². The van der Waals surface area contributed by atoms with Crippen molar-refractivity contribution in [3.8, 4) is 0 Å². The average Bonchev–Trinajstić information content (AvgIpc) is 2.38. The Hall–Kier alpha value is -0.690. The molecule has 0 heterocycles. The molecule has 18 heavy (non-hydrogen) atoms. The summed E-state index contributed by atoms with van der Waals surface area (Å²) in [5.41, 5.74) is 0. The Balaban J connectivity index is 3.40. The number of aliphatic hydroxyl groups excluding tert-OH is 2. The molecule has 0 aliphatic carbocycles. The molecule has 6 heteroatoms. The molecule has 0 saturated carbocycles. The highest BCUT2D eigenvalue weighted by Gasteiger charge is 2.13. The lowest BCUT2D eigenvalue weighted by Gasteiger charge is -2.16. The van der Waals surface area contributed by atoms with E-state index in [0.29, 0.717) is 39.1 Å². The molecule has 108 valence electrons. The topological polar surface area (TPSA) is 90.8 Å². The van der Waals surface area contributed by atoms with Crippen LogP contribution < -0.4 is 10.6 Å². The molecule has 2 unspecified atom stereocenters. The third kappa shape index (κ3) is 9.35. The second kappa shape index (κ2) is 11.4. The van der Waals surface area contributed by atoms with Crippen LogP contribution in [0.4, 0.5) is 0 Å². The van der Waals surface area contributed by atoms with Crippen LogP contribution >= 0.6 is 0 Å². The van der Waals surface area contributed by atoms with E-state index in [1.807, 2.05) is 13.8 Å². The van der Waals surface area contributed by atoms with Gasteiger partial charge in [0.15, 0.2) is 0 Å². The summed E-state index contributed by atoms with van der Waals surface area (Å²) in [6.45, 7) is 6.09. The maximum atomic E-state index is 11.3. The van der Waals surface area contributed by atoms with E-state index in [9.17, 15) is 15.0 Å². The van der Waals surface area contributed by atoms with Gasteiger partial charge in [0.1, 0.15) is 0 Å². The van der Waals surface area contributed by atoms with Gasteiger partial charge in [0, 0.05) is 13.2 Å². The fourth-order valence-electron chi connectivity index (χ4n) is 1.39. The molecule has 0 aliphatic heterocycles. The van der Waals surface area contributed by atoms with Gasteiger partial charge in [-0.05, 0) is 26.3 Å². The average molecular weight is 262 g/mol. The van der Waals surface area contributed by atoms with Crippen LogP contribution in [-0.2, 0) is 9.53 Å². The molecule has 2 atom stereocenters. The van der Waals surface area contributed by atoms with Gasteiger partial charge in [-0.3, -0.25) is 4.79 Å². The van der Waals surface area contributed by atoms with Crippen molar-refractivity contribution < 1.29 is 19.7 Å². The van der Waals surface area contributed by atoms with Crippen LogP contribution in [0.3, 0.4) is 0 Å². The lowest BCUT2D eigenvalue weighted by atomic mass is 10.1. The molecule has 0 saturated heterocycles. The summed E-state index contributed by atoms with van der Waals surface area (Å²) in [5, 5.41) is 24.4. The normalized spacial score (nSPS) is 14.2. The third-order valence-electron chi connectivity index (χ3n) is 2.54. The van der Waals surface area contributed by atoms with Crippen molar-refractivity contribution in [1.29, 1.82) is 0 Å². The van der Waals surface area contributed by atoms with Crippen molar-refractivity contribution in [3.05, 3.63) is 0 Å². The van der Waals surface area contributed by atoms with E-state index < -0.39 is 12.2 Å². The van der Waals surface area contributed by atoms with E-state index in [0.717, 1.165) is 0 Å². The van der Waals surface area contributed by atoms with Crippen LogP contribution in [0, 0.1) is 0 Å². The number of amides is 1. The summed E-state index contributed by atoms with van der Waals surface area (Å²) >= 11 is 0. The third-order valence-corrected chi connectivity index (χ3v) is 2.54. The predicted molar refractivity (Wildman–Crippen MR) is 69.3 cm³/mol. The Morgan fingerprint density at radius 3 is 2.56 bits per heavy atom. The summed E-state index contributed by atoms with van der Waals surface area (Å²) in [4.78, 5) is 11.3. The van der Waals surface area contributed by atoms with Gasteiger partial charge < -0.3 is 25.6 Å². The molecule has 0 bridgehead atoms. The Labute approximate surface area is 109 Å². The molecule has 0 aromatic heterocycles. The molecule has 0 fully saturated rings. The Morgan fingerprint density at radius 1 is 1.22 bits per heavy atom. The molecule has 0 radical (unpaired) electrons. The minimum atomic E-state index is -0.733. The van der Waals surface area contributed by atoms with Crippen LogP contribution in [0.1, 0.15) is 26.7 Å². The minimum Gasteiger partial charge on any atom is -0.390 e. The van der Waals surface area contributed by atoms with Gasteiger partial charge in [-0.2, -0.15) is 0 Å². The van der Waals surface area contributed by atoms with E-state index in [1.54, 1.807) is 0 Å². The first kappa shape index (κ1) is 17.3. The molecule has 0 aliphatic rings. The van der Waals surface area contributed by atoms with Crippen molar-refractivity contribution in [2.24, 2.45) is 0 Å². The first-order valence-corrected chi connectivity index (χ1v) is 6.53. The largest absolute Gasteiger partial charge is 0.390 e. The first-order chi connectivity index (χ1) is 8.61. The van der Waals surface area contributed by atoms with E-state index >= 15 is 0 Å². The summed E-state index contributed by atoms with van der Waals surface area (Å²) in [7, 11) is 0. The highest BCUT2D eigenvalue weighted by molar-refractivity contribution is 5.77. The molecule has 0 aromatic carbocycles. The number of carbonyl (C=O) groups excluding carboxylic acids is 1. The first-order valence-electron chi connectivity index (χ1n) is 6.53. The second-order valence-electron chi connectivity index (χ2n) is 4.06. The monoisotopic (exact) mass is 262 g/mol. The van der Waals surface area contributed by atoms with Crippen molar-refractivity contribution in [2.45, 2.75) is 38.9 Å². The van der Waals surface area contributed by atoms with Crippen molar-refractivity contribution >= 4 is 5.91 Å². The SMILES string of the molecule is CCOCCNC(=O)CNCCC(O)C(O)CC. The highest BCUT2D eigenvalue weighted by Crippen LogP contribution is 2.01. The van der Waals surface area contributed by atoms with Gasteiger partial charge >= 0.3 is 0 Å². The van der Waals surface area contributed by atoms with Crippen molar-refractivity contribution in [2.75, 3.05) is 32.8 Å². The maximum Gasteiger partial charge on any atom is 0.234 e. The highest BCUT2D eigenvalue weighted by atomic mass is 16.5. The zero-order valence-electron chi connectivity index (χ0n) is 11.3. The number of nitrogens with one attached hydrogen (secondary N) is 2. The molecule has 6 nitrogen and oxygen atoms in total. The Morgan fingerprint density at radius 2 is 1.94 bits per heavy atom. The van der Waals surface area contributed by atoms with E-state index in [-0.39, 0.29) is 12.5 Å². The number of carbonyl (C=O) groups is 1. The second-order valence-corrected chi connectivity index (χ2v) is 4.06. The zero-order chi connectivity index (χ0) is 13.8. The Bertz CT molecular complexity index is 214. The molecular formula is C12H26N2O4. The molecule has 0 rings (SSSR count). The van der Waals surface area contributed by atoms with E-state index in [2.05, 4.69) is 10.6 Å². The predicted octanol–water partition coefficient (Wildman–Crippen LogP) is -0.749. The summed E-state index contributed by atoms with van der Waals surface area (Å²) in [6, 6.07) is 0. The van der Waals surface area contributed by atoms with Crippen LogP contribution in [0.2, 0.25) is 0 Å². The number of rotatable bonds is 11. The lowest BCUT2D eigenvalue weighted by molar-refractivity contribution is -0.120. The van der Waals surface area contributed by atoms with Gasteiger partial charge in [0.25, 0.3) is 0 Å². The molecule has 4 N–H and O–H groups in total. The van der Waals surface area contributed by atoms with Crippen LogP contribution in [0.15, 0.2) is 0 Å². The molecule has 0 spiro atoms. The molecular weight excluding hydrogens is 236 g/mol. The summed E-state index contributed by atoms with van der Waals surface area (Å²) < 4.78 is 5.08. The molecule has 1 amide bonds. The Kier molecular flexibility index (Phi) is 11.0. The number of ether oxygens (including phenoxy) is 1. The molecule has 0 aromatic rings. The maximum absolute atomic E-state index is 11.3. The smallest absolute Gasteiger partial charge is 0.234 e. The quantitative estimate of drug-likeness (QED) is 0.368. The van der Waals surface area contributed by atoms with Crippen LogP contribution in [0.5, 0.6) is 0 Å². The van der Waals surface area contributed by atoms with Gasteiger partial charge in [-0.15, -0.1) is 0 Å². The zero-order valence-corrected chi connectivity index (χ0v) is 11.3. The van der Waals surface area contributed by atoms with Gasteiger partial charge in [-0.25, -0.2) is 0 Å². The van der Waals surface area contributed by atoms with E-state index in [4.69, 9.17) is 4.74 Å². The fraction of sp³-hybridized carbons (Fsp3) is 0.917. The van der Waals surface area contributed by atoms with Gasteiger partial charge in [-0.1, -0.05) is 6.92 Å². The fourth-order valence-corrected chi connectivity index (χ4v) is 1.39. The number of hydrogen-bond acceptors (Lipinski definition) is 5. The summed E-state index contributed by atoms with van der Waals surface area (Å²) in [5.74, 6) is -0.0970. The summed E-state index contributed by atoms with van der Waals surface area (Å²) in [6.07, 6.45) is -0.462. The standard InChI is InChI=1S/C12H26N2O4/c1-3-10(15)11(16)5-6-13-9-12(17)14-7-8-18-4-2/h10-11,13,15-16H,3-9H2,1-2H3,(H,14,17). The van der Waals surface area contributed by atoms with E-state index in [1.165, 1.54) is 0 Å². The lowest BCUT2D eigenvalue weighted by Crippen LogP contribution is -2.37. The van der Waals surface area contributed by atoms with Crippen LogP contribution in [-0.4, -0.2) is 61.2 Å². The van der Waals surface area contributed by atoms with Gasteiger partial charge in [0.05, 0.1) is 25.4 Å². The number of hydrogen-bond donors (Lipinski definition) is 4. The number of aliphatic hydroxyl groups is 2. The minimum absolute atomic E-state index is 0.0970. The van der Waals surface area contributed by atoms with Gasteiger partial charge in [0.2, 0.25) is 5.91 Å². The van der Waals surface area contributed by atoms with Crippen molar-refractivity contribution in [3.63, 3.8) is 0 Å². The van der Waals surface area contributed by atoms with Crippen LogP contribution in [0.25, 0.3) is 0 Å².